The van der Waals surface area contributed by atoms with Crippen molar-refractivity contribution in [2.24, 2.45) is 0 Å². The molecule has 7 heteroatoms. The average Bonchev–Trinajstić information content (AvgIpc) is 2.97. The normalized spacial score (nSPS) is 13.9. The third-order valence-corrected chi connectivity index (χ3v) is 5.57. The van der Waals surface area contributed by atoms with Gasteiger partial charge in [0.05, 0.1) is 16.3 Å². The summed E-state index contributed by atoms with van der Waals surface area (Å²) in [5.41, 5.74) is 3.57. The molecule has 4 rings (SSSR count). The summed E-state index contributed by atoms with van der Waals surface area (Å²) in [5.74, 6) is -1.73. The minimum absolute atomic E-state index is 0.111. The second kappa shape index (κ2) is 8.17. The molecule has 2 amide bonds. The van der Waals surface area contributed by atoms with Gasteiger partial charge in [-0.25, -0.2) is 9.29 Å². The van der Waals surface area contributed by atoms with E-state index < -0.39 is 17.6 Å². The zero-order valence-electron chi connectivity index (χ0n) is 16.7. The lowest BCUT2D eigenvalue weighted by molar-refractivity contribution is -0.120. The summed E-state index contributed by atoms with van der Waals surface area (Å²) in [7, 11) is 0. The van der Waals surface area contributed by atoms with E-state index in [1.165, 1.54) is 12.1 Å². The lowest BCUT2D eigenvalue weighted by Crippen LogP contribution is -2.32. The molecule has 0 saturated carbocycles. The van der Waals surface area contributed by atoms with Gasteiger partial charge in [-0.1, -0.05) is 59.1 Å². The van der Waals surface area contributed by atoms with E-state index >= 15 is 0 Å². The van der Waals surface area contributed by atoms with E-state index in [1.807, 2.05) is 32.0 Å². The van der Waals surface area contributed by atoms with Gasteiger partial charge >= 0.3 is 0 Å². The van der Waals surface area contributed by atoms with Gasteiger partial charge in [0.2, 0.25) is 0 Å². The van der Waals surface area contributed by atoms with Crippen molar-refractivity contribution in [1.29, 1.82) is 0 Å². The molecule has 0 spiro atoms. The van der Waals surface area contributed by atoms with Crippen molar-refractivity contribution in [3.05, 3.63) is 98.9 Å². The number of aryl methyl sites for hydroxylation is 2. The van der Waals surface area contributed by atoms with Crippen LogP contribution in [0.2, 0.25) is 10.0 Å². The quantitative estimate of drug-likeness (QED) is 0.481. The summed E-state index contributed by atoms with van der Waals surface area (Å²) in [5, 5.41) is 3.41. The number of carbonyl (C=O) groups is 2. The molecule has 0 atom stereocenters. The molecule has 1 aliphatic heterocycles. The van der Waals surface area contributed by atoms with E-state index in [4.69, 9.17) is 23.2 Å². The fraction of sp³-hybridized carbons (Fsp3) is 0.0833. The molecule has 0 radical (unpaired) electrons. The van der Waals surface area contributed by atoms with Crippen LogP contribution in [0.1, 0.15) is 16.7 Å². The first-order valence-corrected chi connectivity index (χ1v) is 10.2. The van der Waals surface area contributed by atoms with Gasteiger partial charge < -0.3 is 5.32 Å². The maximum atomic E-state index is 13.7. The van der Waals surface area contributed by atoms with Crippen molar-refractivity contribution in [1.82, 2.24) is 0 Å². The van der Waals surface area contributed by atoms with Crippen molar-refractivity contribution in [3.8, 4) is 0 Å². The molecule has 4 nitrogen and oxygen atoms in total. The summed E-state index contributed by atoms with van der Waals surface area (Å²) < 4.78 is 13.7. The predicted octanol–water partition coefficient (Wildman–Crippen LogP) is 6.15. The van der Waals surface area contributed by atoms with E-state index in [1.54, 1.807) is 24.3 Å². The summed E-state index contributed by atoms with van der Waals surface area (Å²) >= 11 is 12.0. The highest BCUT2D eigenvalue weighted by molar-refractivity contribution is 6.46. The largest absolute Gasteiger partial charge is 0.350 e. The number of nitrogens with one attached hydrogen (secondary N) is 1. The maximum Gasteiger partial charge on any atom is 0.282 e. The molecule has 1 heterocycles. The zero-order valence-corrected chi connectivity index (χ0v) is 18.2. The lowest BCUT2D eigenvalue weighted by Gasteiger charge is -2.16. The molecule has 1 aliphatic rings. The predicted molar refractivity (Wildman–Crippen MR) is 122 cm³/mol. The van der Waals surface area contributed by atoms with Crippen LogP contribution in [0, 0.1) is 19.7 Å². The van der Waals surface area contributed by atoms with Gasteiger partial charge in [0.15, 0.2) is 0 Å². The van der Waals surface area contributed by atoms with Gasteiger partial charge in [0, 0.05) is 10.7 Å². The highest BCUT2D eigenvalue weighted by Crippen LogP contribution is 2.36. The van der Waals surface area contributed by atoms with E-state index in [0.717, 1.165) is 22.1 Å². The first kappa shape index (κ1) is 21.1. The van der Waals surface area contributed by atoms with Gasteiger partial charge in [0.25, 0.3) is 11.8 Å². The van der Waals surface area contributed by atoms with Gasteiger partial charge in [-0.2, -0.15) is 0 Å². The van der Waals surface area contributed by atoms with Crippen LogP contribution < -0.4 is 10.2 Å². The fourth-order valence-electron chi connectivity index (χ4n) is 3.36. The van der Waals surface area contributed by atoms with Crippen LogP contribution in [-0.4, -0.2) is 11.8 Å². The van der Waals surface area contributed by atoms with Gasteiger partial charge in [-0.3, -0.25) is 9.59 Å². The minimum atomic E-state index is -0.635. The number of nitrogens with zero attached hydrogens (tertiary/aromatic N) is 1. The van der Waals surface area contributed by atoms with Crippen LogP contribution in [0.4, 0.5) is 15.8 Å². The Morgan fingerprint density at radius 2 is 1.58 bits per heavy atom. The second-order valence-electron chi connectivity index (χ2n) is 7.24. The Bertz CT molecular complexity index is 1250. The van der Waals surface area contributed by atoms with E-state index in [2.05, 4.69) is 5.32 Å². The maximum absolute atomic E-state index is 13.7. The summed E-state index contributed by atoms with van der Waals surface area (Å²) in [6.45, 7) is 3.80. The van der Waals surface area contributed by atoms with Gasteiger partial charge in [-0.05, 0) is 55.3 Å². The first-order valence-electron chi connectivity index (χ1n) is 9.44. The number of anilines is 2. The molecule has 3 aromatic rings. The molecule has 31 heavy (non-hydrogen) atoms. The molecular formula is C24H17Cl2FN2O2. The van der Waals surface area contributed by atoms with Crippen LogP contribution in [0.5, 0.6) is 0 Å². The number of rotatable bonds is 4. The number of benzene rings is 3. The number of hydrogen-bond donors (Lipinski definition) is 1. The molecule has 3 aromatic carbocycles. The van der Waals surface area contributed by atoms with Crippen molar-refractivity contribution in [3.63, 3.8) is 0 Å². The smallest absolute Gasteiger partial charge is 0.282 e. The lowest BCUT2D eigenvalue weighted by atomic mass is 10.0. The third-order valence-electron chi connectivity index (χ3n) is 5.04. The molecular weight excluding hydrogens is 438 g/mol. The Kier molecular flexibility index (Phi) is 5.56. The van der Waals surface area contributed by atoms with Gasteiger partial charge in [-0.15, -0.1) is 0 Å². The van der Waals surface area contributed by atoms with E-state index in [0.29, 0.717) is 16.3 Å². The molecule has 0 saturated heterocycles. The Hall–Kier alpha value is -3.15. The molecule has 0 unspecified atom stereocenters. The van der Waals surface area contributed by atoms with Crippen LogP contribution in [-0.2, 0) is 9.59 Å². The van der Waals surface area contributed by atoms with Crippen molar-refractivity contribution in [2.45, 2.75) is 13.8 Å². The molecule has 0 fully saturated rings. The first-order chi connectivity index (χ1) is 14.8. The van der Waals surface area contributed by atoms with Crippen molar-refractivity contribution >= 4 is 52.0 Å². The Balaban J connectivity index is 1.85. The molecule has 0 aromatic heterocycles. The summed E-state index contributed by atoms with van der Waals surface area (Å²) in [4.78, 5) is 27.8. The Morgan fingerprint density at radius 1 is 0.871 bits per heavy atom. The molecule has 0 bridgehead atoms. The Labute approximate surface area is 188 Å². The van der Waals surface area contributed by atoms with Crippen LogP contribution in [0.3, 0.4) is 0 Å². The second-order valence-corrected chi connectivity index (χ2v) is 8.09. The topological polar surface area (TPSA) is 49.4 Å². The van der Waals surface area contributed by atoms with Crippen molar-refractivity contribution < 1.29 is 14.0 Å². The standard InChI is InChI=1S/C24H17Cl2FN2O2/c1-13-3-6-15(7-4-13)21-22(28-20-11-16(25)8-5-14(20)2)24(31)29(23(21)30)17-9-10-19(27)18(26)12-17/h3-12,28H,1-2H3. The van der Waals surface area contributed by atoms with Crippen LogP contribution in [0.15, 0.2) is 66.4 Å². The third kappa shape index (κ3) is 3.94. The number of hydrogen-bond acceptors (Lipinski definition) is 3. The zero-order chi connectivity index (χ0) is 22.3. The molecule has 156 valence electrons. The van der Waals surface area contributed by atoms with Crippen molar-refractivity contribution in [2.75, 3.05) is 10.2 Å². The summed E-state index contributed by atoms with van der Waals surface area (Å²) in [6, 6.07) is 16.3. The number of imide groups is 1. The minimum Gasteiger partial charge on any atom is -0.350 e. The van der Waals surface area contributed by atoms with E-state index in [9.17, 15) is 14.0 Å². The number of amides is 2. The van der Waals surface area contributed by atoms with Crippen LogP contribution >= 0.6 is 23.2 Å². The number of halogens is 3. The highest BCUT2D eigenvalue weighted by atomic mass is 35.5. The number of carbonyl (C=O) groups excluding carboxylic acids is 2. The fourth-order valence-corrected chi connectivity index (χ4v) is 3.70. The average molecular weight is 455 g/mol. The summed E-state index contributed by atoms with van der Waals surface area (Å²) in [6.07, 6.45) is 0. The van der Waals surface area contributed by atoms with Crippen LogP contribution in [0.25, 0.3) is 5.57 Å². The Morgan fingerprint density at radius 3 is 2.26 bits per heavy atom. The monoisotopic (exact) mass is 454 g/mol. The highest BCUT2D eigenvalue weighted by Gasteiger charge is 2.40. The van der Waals surface area contributed by atoms with Gasteiger partial charge in [0.1, 0.15) is 11.5 Å². The molecule has 1 N–H and O–H groups in total. The van der Waals surface area contributed by atoms with E-state index in [-0.39, 0.29) is 22.0 Å². The SMILES string of the molecule is Cc1ccc(C2=C(Nc3cc(Cl)ccc3C)C(=O)N(c3ccc(F)c(Cl)c3)C2=O)cc1. The molecule has 0 aliphatic carbocycles.